The number of carbonyl (C=O) groups is 3. The minimum absolute atomic E-state index is 0.0122. The van der Waals surface area contributed by atoms with Crippen LogP contribution in [-0.2, 0) is 4.79 Å². The zero-order valence-corrected chi connectivity index (χ0v) is 20.1. The van der Waals surface area contributed by atoms with Crippen molar-refractivity contribution >= 4 is 17.7 Å². The first-order valence-corrected chi connectivity index (χ1v) is 11.8. The Morgan fingerprint density at radius 3 is 2.21 bits per heavy atom. The van der Waals surface area contributed by atoms with E-state index in [9.17, 15) is 14.4 Å². The van der Waals surface area contributed by atoms with E-state index in [2.05, 4.69) is 10.6 Å². The lowest BCUT2D eigenvalue weighted by Crippen LogP contribution is -2.54. The first kappa shape index (κ1) is 24.5. The van der Waals surface area contributed by atoms with Crippen molar-refractivity contribution in [2.24, 2.45) is 11.8 Å². The third-order valence-corrected chi connectivity index (χ3v) is 6.24. The van der Waals surface area contributed by atoms with Gasteiger partial charge in [0.05, 0.1) is 0 Å². The molecule has 3 amide bonds. The number of carbonyl (C=O) groups excluding carboxylic acids is 3. The highest BCUT2D eigenvalue weighted by Gasteiger charge is 2.34. The molecule has 6 heteroatoms. The number of likely N-dealkylation sites (tertiary alicyclic amines) is 1. The molecule has 176 valence electrons. The standard InChI is InChI=1S/C27H35N3O3/c1-18(2)17-28-26(32)24(29-25(31)23-8-6-5-7-20(23)4)21-13-15-30(16-14-21)27(33)22-11-9-19(3)10-12-22/h5-12,18,21,24H,13-17H2,1-4H3,(H,28,32)(H,29,31)/t24-/m1/s1. The Morgan fingerprint density at radius 1 is 0.970 bits per heavy atom. The van der Waals surface area contributed by atoms with Crippen molar-refractivity contribution in [3.8, 4) is 0 Å². The van der Waals surface area contributed by atoms with Crippen LogP contribution in [0.15, 0.2) is 48.5 Å². The Bertz CT molecular complexity index is 976. The molecular weight excluding hydrogens is 414 g/mol. The maximum Gasteiger partial charge on any atom is 0.253 e. The van der Waals surface area contributed by atoms with E-state index in [0.717, 1.165) is 11.1 Å². The molecule has 1 aliphatic heterocycles. The molecule has 0 spiro atoms. The summed E-state index contributed by atoms with van der Waals surface area (Å²) in [5, 5.41) is 5.98. The van der Waals surface area contributed by atoms with Crippen LogP contribution < -0.4 is 10.6 Å². The number of hydrogen-bond donors (Lipinski definition) is 2. The normalized spacial score (nSPS) is 15.2. The number of nitrogens with zero attached hydrogens (tertiary/aromatic N) is 1. The summed E-state index contributed by atoms with van der Waals surface area (Å²) < 4.78 is 0. The van der Waals surface area contributed by atoms with Gasteiger partial charge in [-0.2, -0.15) is 0 Å². The van der Waals surface area contributed by atoms with E-state index < -0.39 is 6.04 Å². The fourth-order valence-electron chi connectivity index (χ4n) is 4.17. The van der Waals surface area contributed by atoms with Crippen LogP contribution in [0.3, 0.4) is 0 Å². The van der Waals surface area contributed by atoms with E-state index in [1.165, 1.54) is 0 Å². The highest BCUT2D eigenvalue weighted by molar-refractivity contribution is 5.98. The molecule has 33 heavy (non-hydrogen) atoms. The molecular formula is C27H35N3O3. The van der Waals surface area contributed by atoms with E-state index in [1.807, 2.05) is 75.1 Å². The monoisotopic (exact) mass is 449 g/mol. The molecule has 1 aliphatic rings. The minimum Gasteiger partial charge on any atom is -0.354 e. The van der Waals surface area contributed by atoms with Crippen molar-refractivity contribution < 1.29 is 14.4 Å². The summed E-state index contributed by atoms with van der Waals surface area (Å²) in [5.41, 5.74) is 3.24. The van der Waals surface area contributed by atoms with E-state index in [1.54, 1.807) is 6.07 Å². The summed E-state index contributed by atoms with van der Waals surface area (Å²) in [6.07, 6.45) is 1.32. The average molecular weight is 450 g/mol. The van der Waals surface area contributed by atoms with Crippen molar-refractivity contribution in [1.82, 2.24) is 15.5 Å². The lowest BCUT2D eigenvalue weighted by Gasteiger charge is -2.36. The first-order valence-electron chi connectivity index (χ1n) is 11.8. The Balaban J connectivity index is 1.69. The minimum atomic E-state index is -0.632. The molecule has 3 rings (SSSR count). The number of piperidine rings is 1. The van der Waals surface area contributed by atoms with E-state index in [4.69, 9.17) is 0 Å². The molecule has 1 fully saturated rings. The third kappa shape index (κ3) is 6.44. The van der Waals surface area contributed by atoms with Gasteiger partial charge >= 0.3 is 0 Å². The van der Waals surface area contributed by atoms with Crippen LogP contribution in [0, 0.1) is 25.7 Å². The van der Waals surface area contributed by atoms with Crippen LogP contribution in [0.1, 0.15) is 58.5 Å². The molecule has 0 radical (unpaired) electrons. The molecule has 0 aliphatic carbocycles. The van der Waals surface area contributed by atoms with Gasteiger partial charge in [-0.15, -0.1) is 0 Å². The predicted molar refractivity (Wildman–Crippen MR) is 130 cm³/mol. The van der Waals surface area contributed by atoms with Gasteiger partial charge in [0.25, 0.3) is 11.8 Å². The Morgan fingerprint density at radius 2 is 1.61 bits per heavy atom. The Kier molecular flexibility index (Phi) is 8.26. The van der Waals surface area contributed by atoms with Gasteiger partial charge in [0.1, 0.15) is 6.04 Å². The lowest BCUT2D eigenvalue weighted by molar-refractivity contribution is -0.124. The van der Waals surface area contributed by atoms with Gasteiger partial charge in [-0.1, -0.05) is 49.7 Å². The highest BCUT2D eigenvalue weighted by atomic mass is 16.2. The van der Waals surface area contributed by atoms with Crippen molar-refractivity contribution in [2.45, 2.75) is 46.6 Å². The first-order chi connectivity index (χ1) is 15.8. The molecule has 1 saturated heterocycles. The van der Waals surface area contributed by atoms with Gasteiger partial charge < -0.3 is 15.5 Å². The maximum absolute atomic E-state index is 13.1. The van der Waals surface area contributed by atoms with Gasteiger partial charge in [-0.3, -0.25) is 14.4 Å². The number of nitrogens with one attached hydrogen (secondary N) is 2. The SMILES string of the molecule is Cc1ccc(C(=O)N2CCC([C@@H](NC(=O)c3ccccc3C)C(=O)NCC(C)C)CC2)cc1. The second kappa shape index (κ2) is 11.1. The quantitative estimate of drug-likeness (QED) is 0.676. The topological polar surface area (TPSA) is 78.5 Å². The number of hydrogen-bond acceptors (Lipinski definition) is 3. The van der Waals surface area contributed by atoms with E-state index in [0.29, 0.717) is 49.5 Å². The molecule has 0 unspecified atom stereocenters. The molecule has 6 nitrogen and oxygen atoms in total. The highest BCUT2D eigenvalue weighted by Crippen LogP contribution is 2.23. The molecule has 2 aromatic carbocycles. The van der Waals surface area contributed by atoms with Crippen molar-refractivity contribution in [2.75, 3.05) is 19.6 Å². The summed E-state index contributed by atoms with van der Waals surface area (Å²) >= 11 is 0. The van der Waals surface area contributed by atoms with Crippen LogP contribution in [-0.4, -0.2) is 48.3 Å². The lowest BCUT2D eigenvalue weighted by atomic mass is 9.88. The third-order valence-electron chi connectivity index (χ3n) is 6.24. The summed E-state index contributed by atoms with van der Waals surface area (Å²) in [4.78, 5) is 40.8. The van der Waals surface area contributed by atoms with Gasteiger partial charge in [0.2, 0.25) is 5.91 Å². The molecule has 2 aromatic rings. The fourth-order valence-corrected chi connectivity index (χ4v) is 4.17. The number of benzene rings is 2. The number of amides is 3. The van der Waals surface area contributed by atoms with E-state index >= 15 is 0 Å². The second-order valence-corrected chi connectivity index (χ2v) is 9.40. The number of aryl methyl sites for hydroxylation is 2. The molecule has 2 N–H and O–H groups in total. The molecule has 1 atom stereocenters. The number of rotatable bonds is 7. The molecule has 0 saturated carbocycles. The van der Waals surface area contributed by atoms with Crippen LogP contribution in [0.2, 0.25) is 0 Å². The molecule has 0 bridgehead atoms. The summed E-state index contributed by atoms with van der Waals surface area (Å²) in [6.45, 7) is 9.64. The summed E-state index contributed by atoms with van der Waals surface area (Å²) in [6, 6.07) is 14.3. The van der Waals surface area contributed by atoms with Crippen molar-refractivity contribution in [1.29, 1.82) is 0 Å². The predicted octanol–water partition coefficient (Wildman–Crippen LogP) is 3.73. The van der Waals surface area contributed by atoms with Gasteiger partial charge in [0.15, 0.2) is 0 Å². The van der Waals surface area contributed by atoms with Gasteiger partial charge in [-0.05, 0) is 62.3 Å². The smallest absolute Gasteiger partial charge is 0.253 e. The molecule has 0 aromatic heterocycles. The molecule has 1 heterocycles. The van der Waals surface area contributed by atoms with Crippen LogP contribution >= 0.6 is 0 Å². The summed E-state index contributed by atoms with van der Waals surface area (Å²) in [7, 11) is 0. The van der Waals surface area contributed by atoms with E-state index in [-0.39, 0.29) is 23.6 Å². The zero-order chi connectivity index (χ0) is 24.0. The zero-order valence-electron chi connectivity index (χ0n) is 20.1. The Hall–Kier alpha value is -3.15. The van der Waals surface area contributed by atoms with Crippen molar-refractivity contribution in [3.05, 3.63) is 70.8 Å². The maximum atomic E-state index is 13.1. The van der Waals surface area contributed by atoms with Crippen LogP contribution in [0.25, 0.3) is 0 Å². The summed E-state index contributed by atoms with van der Waals surface area (Å²) in [5.74, 6) is -0.106. The van der Waals surface area contributed by atoms with Gasteiger partial charge in [-0.25, -0.2) is 0 Å². The van der Waals surface area contributed by atoms with Gasteiger partial charge in [0, 0.05) is 30.8 Å². The second-order valence-electron chi connectivity index (χ2n) is 9.40. The largest absolute Gasteiger partial charge is 0.354 e. The Labute approximate surface area is 196 Å². The van der Waals surface area contributed by atoms with Crippen molar-refractivity contribution in [3.63, 3.8) is 0 Å². The average Bonchev–Trinajstić information content (AvgIpc) is 2.81. The van der Waals surface area contributed by atoms with Crippen LogP contribution in [0.4, 0.5) is 0 Å². The van der Waals surface area contributed by atoms with Crippen LogP contribution in [0.5, 0.6) is 0 Å². The fraction of sp³-hybridized carbons (Fsp3) is 0.444.